The molecule has 2 rings (SSSR count). The van der Waals surface area contributed by atoms with Gasteiger partial charge < -0.3 is 15.2 Å². The van der Waals surface area contributed by atoms with Gasteiger partial charge in [-0.25, -0.2) is 4.79 Å². The lowest BCUT2D eigenvalue weighted by atomic mass is 9.90. The van der Waals surface area contributed by atoms with Gasteiger partial charge in [-0.15, -0.1) is 0 Å². The summed E-state index contributed by atoms with van der Waals surface area (Å²) in [6.07, 6.45) is 2.27. The summed E-state index contributed by atoms with van der Waals surface area (Å²) in [5.41, 5.74) is -0.0306. The molecule has 2 N–H and O–H groups in total. The maximum Gasteiger partial charge on any atom is 0.329 e. The molecule has 0 aliphatic carbocycles. The van der Waals surface area contributed by atoms with Gasteiger partial charge in [0.15, 0.2) is 0 Å². The molecule has 7 nitrogen and oxygen atoms in total. The Labute approximate surface area is 123 Å². The van der Waals surface area contributed by atoms with E-state index in [1.54, 1.807) is 13.1 Å². The van der Waals surface area contributed by atoms with E-state index in [9.17, 15) is 14.7 Å². The van der Waals surface area contributed by atoms with Gasteiger partial charge in [0.25, 0.3) is 5.91 Å². The number of hydrogen-bond acceptors (Lipinski definition) is 4. The number of carboxylic acid groups (broad SMARTS) is 1. The standard InChI is InChI=1S/C14H21N3O4/c1-3-4-10-9-11(17(2)16-10)12(18)15-14(13(19)20)5-7-21-8-6-14/h9H,3-8H2,1-2H3,(H,15,18)(H,19,20). The van der Waals surface area contributed by atoms with E-state index < -0.39 is 17.4 Å². The first kappa shape index (κ1) is 15.5. The molecule has 1 saturated heterocycles. The second-order valence-corrected chi connectivity index (χ2v) is 5.35. The van der Waals surface area contributed by atoms with E-state index in [0.717, 1.165) is 18.5 Å². The van der Waals surface area contributed by atoms with Gasteiger partial charge in [-0.2, -0.15) is 5.10 Å². The van der Waals surface area contributed by atoms with Gasteiger partial charge in [0.2, 0.25) is 0 Å². The highest BCUT2D eigenvalue weighted by molar-refractivity contribution is 5.96. The lowest BCUT2D eigenvalue weighted by molar-refractivity contribution is -0.148. The van der Waals surface area contributed by atoms with Crippen LogP contribution in [0.15, 0.2) is 6.07 Å². The normalized spacial score (nSPS) is 17.4. The summed E-state index contributed by atoms with van der Waals surface area (Å²) in [4.78, 5) is 23.9. The molecule has 0 unspecified atom stereocenters. The highest BCUT2D eigenvalue weighted by Gasteiger charge is 2.42. The van der Waals surface area contributed by atoms with Crippen LogP contribution in [0.3, 0.4) is 0 Å². The maximum absolute atomic E-state index is 12.4. The lowest BCUT2D eigenvalue weighted by Crippen LogP contribution is -2.57. The minimum atomic E-state index is -1.25. The lowest BCUT2D eigenvalue weighted by Gasteiger charge is -2.33. The van der Waals surface area contributed by atoms with Crippen molar-refractivity contribution in [2.45, 2.75) is 38.1 Å². The average molecular weight is 295 g/mol. The number of nitrogens with one attached hydrogen (secondary N) is 1. The van der Waals surface area contributed by atoms with E-state index >= 15 is 0 Å². The van der Waals surface area contributed by atoms with Crippen LogP contribution in [0.1, 0.15) is 42.4 Å². The van der Waals surface area contributed by atoms with E-state index in [2.05, 4.69) is 10.4 Å². The Morgan fingerprint density at radius 2 is 2.14 bits per heavy atom. The molecule has 1 aliphatic rings. The zero-order chi connectivity index (χ0) is 15.5. The smallest absolute Gasteiger partial charge is 0.329 e. The minimum absolute atomic E-state index is 0.272. The van der Waals surface area contributed by atoms with Crippen molar-refractivity contribution in [3.05, 3.63) is 17.5 Å². The van der Waals surface area contributed by atoms with Gasteiger partial charge in [-0.3, -0.25) is 9.48 Å². The molecule has 0 aromatic carbocycles. The van der Waals surface area contributed by atoms with E-state index in [1.807, 2.05) is 6.92 Å². The zero-order valence-corrected chi connectivity index (χ0v) is 12.4. The summed E-state index contributed by atoms with van der Waals surface area (Å²) in [5, 5.41) is 16.4. The van der Waals surface area contributed by atoms with Crippen LogP contribution in [0.25, 0.3) is 0 Å². The summed E-state index contributed by atoms with van der Waals surface area (Å²) in [5.74, 6) is -1.42. The number of aliphatic carboxylic acids is 1. The monoisotopic (exact) mass is 295 g/mol. The Hall–Kier alpha value is -1.89. The summed E-state index contributed by atoms with van der Waals surface area (Å²) in [6.45, 7) is 2.70. The number of carboxylic acids is 1. The average Bonchev–Trinajstić information content (AvgIpc) is 2.81. The van der Waals surface area contributed by atoms with Crippen LogP contribution in [-0.2, 0) is 23.0 Å². The molecule has 1 aromatic rings. The van der Waals surface area contributed by atoms with Gasteiger partial charge in [-0.1, -0.05) is 13.3 Å². The fourth-order valence-electron chi connectivity index (χ4n) is 2.51. The van der Waals surface area contributed by atoms with Gasteiger partial charge >= 0.3 is 5.97 Å². The third-order valence-corrected chi connectivity index (χ3v) is 3.78. The predicted octanol–water partition coefficient (Wildman–Crippen LogP) is 0.736. The molecule has 1 amide bonds. The minimum Gasteiger partial charge on any atom is -0.480 e. The molecule has 0 saturated carbocycles. The number of carbonyl (C=O) groups is 2. The van der Waals surface area contributed by atoms with Gasteiger partial charge in [0, 0.05) is 33.1 Å². The topological polar surface area (TPSA) is 93.5 Å². The Morgan fingerprint density at radius 3 is 2.71 bits per heavy atom. The van der Waals surface area contributed by atoms with Gasteiger partial charge in [0.1, 0.15) is 11.2 Å². The number of rotatable bonds is 5. The Kier molecular flexibility index (Phi) is 4.62. The molecule has 21 heavy (non-hydrogen) atoms. The van der Waals surface area contributed by atoms with Crippen LogP contribution in [0.5, 0.6) is 0 Å². The van der Waals surface area contributed by atoms with Gasteiger partial charge in [-0.05, 0) is 12.5 Å². The zero-order valence-electron chi connectivity index (χ0n) is 12.4. The molecule has 1 aliphatic heterocycles. The largest absolute Gasteiger partial charge is 0.480 e. The Balaban J connectivity index is 2.17. The van der Waals surface area contributed by atoms with Crippen molar-refractivity contribution in [2.24, 2.45) is 7.05 Å². The van der Waals surface area contributed by atoms with E-state index in [1.165, 1.54) is 4.68 Å². The van der Waals surface area contributed by atoms with Crippen LogP contribution in [0.2, 0.25) is 0 Å². The van der Waals surface area contributed by atoms with Crippen molar-refractivity contribution >= 4 is 11.9 Å². The van der Waals surface area contributed by atoms with Crippen LogP contribution in [-0.4, -0.2) is 45.5 Å². The number of ether oxygens (including phenoxy) is 1. The molecular weight excluding hydrogens is 274 g/mol. The van der Waals surface area contributed by atoms with Crippen molar-refractivity contribution in [1.82, 2.24) is 15.1 Å². The first-order chi connectivity index (χ1) is 9.98. The molecule has 1 fully saturated rings. The SMILES string of the molecule is CCCc1cc(C(=O)NC2(C(=O)O)CCOCC2)n(C)n1. The van der Waals surface area contributed by atoms with Crippen molar-refractivity contribution < 1.29 is 19.4 Å². The van der Waals surface area contributed by atoms with Crippen LogP contribution < -0.4 is 5.32 Å². The number of amides is 1. The third-order valence-electron chi connectivity index (χ3n) is 3.78. The number of carbonyl (C=O) groups excluding carboxylic acids is 1. The third kappa shape index (κ3) is 3.24. The molecule has 0 atom stereocenters. The van der Waals surface area contributed by atoms with E-state index in [4.69, 9.17) is 4.74 Å². The first-order valence-corrected chi connectivity index (χ1v) is 7.15. The summed E-state index contributed by atoms with van der Waals surface area (Å²) >= 11 is 0. The molecule has 0 spiro atoms. The van der Waals surface area contributed by atoms with E-state index in [-0.39, 0.29) is 12.8 Å². The van der Waals surface area contributed by atoms with Crippen LogP contribution in [0, 0.1) is 0 Å². The maximum atomic E-state index is 12.4. The molecule has 1 aromatic heterocycles. The fraction of sp³-hybridized carbons (Fsp3) is 0.643. The predicted molar refractivity (Wildman–Crippen MR) is 75.1 cm³/mol. The first-order valence-electron chi connectivity index (χ1n) is 7.15. The molecule has 0 radical (unpaired) electrons. The second-order valence-electron chi connectivity index (χ2n) is 5.35. The molecular formula is C14H21N3O4. The fourth-order valence-corrected chi connectivity index (χ4v) is 2.51. The number of hydrogen-bond donors (Lipinski definition) is 2. The van der Waals surface area contributed by atoms with Gasteiger partial charge in [0.05, 0.1) is 5.69 Å². The molecule has 116 valence electrons. The van der Waals surface area contributed by atoms with Crippen molar-refractivity contribution in [1.29, 1.82) is 0 Å². The molecule has 0 bridgehead atoms. The highest BCUT2D eigenvalue weighted by Crippen LogP contribution is 2.22. The van der Waals surface area contributed by atoms with Crippen molar-refractivity contribution in [2.75, 3.05) is 13.2 Å². The van der Waals surface area contributed by atoms with E-state index in [0.29, 0.717) is 18.9 Å². The Morgan fingerprint density at radius 1 is 1.48 bits per heavy atom. The van der Waals surface area contributed by atoms with Crippen LogP contribution >= 0.6 is 0 Å². The number of aryl methyl sites for hydroxylation is 2. The highest BCUT2D eigenvalue weighted by atomic mass is 16.5. The molecule has 7 heteroatoms. The van der Waals surface area contributed by atoms with Crippen molar-refractivity contribution in [3.8, 4) is 0 Å². The van der Waals surface area contributed by atoms with Crippen LogP contribution in [0.4, 0.5) is 0 Å². The Bertz CT molecular complexity index is 532. The summed E-state index contributed by atoms with van der Waals surface area (Å²) in [7, 11) is 1.69. The quantitative estimate of drug-likeness (QED) is 0.835. The number of aromatic nitrogens is 2. The van der Waals surface area contributed by atoms with Crippen molar-refractivity contribution in [3.63, 3.8) is 0 Å². The number of nitrogens with zero attached hydrogens (tertiary/aromatic N) is 2. The molecule has 2 heterocycles. The summed E-state index contributed by atoms with van der Waals surface area (Å²) < 4.78 is 6.69. The second kappa shape index (κ2) is 6.26. The summed E-state index contributed by atoms with van der Waals surface area (Å²) in [6, 6.07) is 1.72.